The summed E-state index contributed by atoms with van der Waals surface area (Å²) in [5, 5.41) is 1.21. The summed E-state index contributed by atoms with van der Waals surface area (Å²) in [5.74, 6) is 0.929. The van der Waals surface area contributed by atoms with E-state index in [1.54, 1.807) is 0 Å². The third kappa shape index (κ3) is 2.79. The quantitative estimate of drug-likeness (QED) is 0.691. The second-order valence-electron chi connectivity index (χ2n) is 5.18. The van der Waals surface area contributed by atoms with E-state index >= 15 is 0 Å². The topological polar surface area (TPSA) is 32.0 Å². The van der Waals surface area contributed by atoms with E-state index in [1.807, 2.05) is 25.5 Å². The summed E-state index contributed by atoms with van der Waals surface area (Å²) in [5.41, 5.74) is 2.46. The molecular formula is C17H21N3O. The van der Waals surface area contributed by atoms with Crippen LogP contribution in [0.3, 0.4) is 0 Å². The van der Waals surface area contributed by atoms with Gasteiger partial charge in [0, 0.05) is 29.8 Å². The zero-order chi connectivity index (χ0) is 14.7. The van der Waals surface area contributed by atoms with Gasteiger partial charge in [-0.05, 0) is 37.6 Å². The van der Waals surface area contributed by atoms with Gasteiger partial charge in [0.25, 0.3) is 0 Å². The number of rotatable bonds is 6. The molecule has 0 N–H and O–H groups in total. The maximum atomic E-state index is 5.56. The number of nitrogens with zero attached hydrogens (tertiary/aromatic N) is 3. The molecule has 4 heteroatoms. The molecule has 4 nitrogen and oxygen atoms in total. The maximum absolute atomic E-state index is 5.56. The lowest BCUT2D eigenvalue weighted by Gasteiger charge is -2.09. The molecule has 21 heavy (non-hydrogen) atoms. The second-order valence-corrected chi connectivity index (χ2v) is 5.18. The summed E-state index contributed by atoms with van der Waals surface area (Å²) in [6.45, 7) is 6.75. The smallest absolute Gasteiger partial charge is 0.120 e. The number of imidazole rings is 1. The molecule has 2 heterocycles. The first-order valence-corrected chi connectivity index (χ1v) is 7.52. The Balaban J connectivity index is 1.88. The highest BCUT2D eigenvalue weighted by atomic mass is 16.5. The molecular weight excluding hydrogens is 262 g/mol. The molecule has 3 aromatic rings. The number of aromatic nitrogens is 3. The van der Waals surface area contributed by atoms with Gasteiger partial charge in [-0.3, -0.25) is 0 Å². The minimum atomic E-state index is 0.697. The van der Waals surface area contributed by atoms with Crippen LogP contribution < -0.4 is 4.74 Å². The van der Waals surface area contributed by atoms with Gasteiger partial charge in [-0.1, -0.05) is 6.92 Å². The van der Waals surface area contributed by atoms with Gasteiger partial charge in [0.05, 0.1) is 25.2 Å². The molecule has 0 atom stereocenters. The molecule has 3 rings (SSSR count). The molecule has 0 fully saturated rings. The Kier molecular flexibility index (Phi) is 3.95. The number of hydrogen-bond acceptors (Lipinski definition) is 2. The normalized spacial score (nSPS) is 11.1. The Bertz CT molecular complexity index is 727. The monoisotopic (exact) mass is 283 g/mol. The van der Waals surface area contributed by atoms with E-state index in [1.165, 1.54) is 16.6 Å². The number of aryl methyl sites for hydroxylation is 1. The Morgan fingerprint density at radius 3 is 2.86 bits per heavy atom. The molecule has 2 aromatic heterocycles. The molecule has 0 aliphatic rings. The third-order valence-electron chi connectivity index (χ3n) is 3.65. The van der Waals surface area contributed by atoms with Crippen molar-refractivity contribution < 1.29 is 4.74 Å². The maximum Gasteiger partial charge on any atom is 0.120 e. The number of hydrogen-bond donors (Lipinski definition) is 0. The zero-order valence-corrected chi connectivity index (χ0v) is 12.6. The van der Waals surface area contributed by atoms with Crippen molar-refractivity contribution >= 4 is 10.9 Å². The van der Waals surface area contributed by atoms with Crippen LogP contribution in [0.4, 0.5) is 0 Å². The van der Waals surface area contributed by atoms with Gasteiger partial charge in [-0.15, -0.1) is 0 Å². The summed E-state index contributed by atoms with van der Waals surface area (Å²) >= 11 is 0. The summed E-state index contributed by atoms with van der Waals surface area (Å²) in [7, 11) is 0. The van der Waals surface area contributed by atoms with Gasteiger partial charge in [0.2, 0.25) is 0 Å². The molecule has 0 aliphatic heterocycles. The van der Waals surface area contributed by atoms with Crippen LogP contribution in [0.15, 0.2) is 43.0 Å². The van der Waals surface area contributed by atoms with Crippen molar-refractivity contribution in [2.45, 2.75) is 33.4 Å². The van der Waals surface area contributed by atoms with Crippen LogP contribution in [-0.4, -0.2) is 20.7 Å². The fraction of sp³-hybridized carbons (Fsp3) is 0.353. The average Bonchev–Trinajstić information content (AvgIpc) is 3.08. The Labute approximate surface area is 125 Å². The van der Waals surface area contributed by atoms with E-state index in [2.05, 4.69) is 45.4 Å². The van der Waals surface area contributed by atoms with Crippen molar-refractivity contribution in [2.75, 3.05) is 6.61 Å². The van der Waals surface area contributed by atoms with E-state index in [-0.39, 0.29) is 0 Å². The van der Waals surface area contributed by atoms with Crippen LogP contribution in [0.25, 0.3) is 10.9 Å². The Morgan fingerprint density at radius 1 is 1.14 bits per heavy atom. The predicted octanol–water partition coefficient (Wildman–Crippen LogP) is 3.69. The molecule has 0 aliphatic carbocycles. The Morgan fingerprint density at radius 2 is 2.05 bits per heavy atom. The van der Waals surface area contributed by atoms with Crippen LogP contribution in [0.2, 0.25) is 0 Å². The average molecular weight is 283 g/mol. The molecule has 0 radical (unpaired) electrons. The van der Waals surface area contributed by atoms with Crippen molar-refractivity contribution in [3.05, 3.63) is 48.7 Å². The zero-order valence-electron chi connectivity index (χ0n) is 12.6. The molecule has 110 valence electrons. The van der Waals surface area contributed by atoms with E-state index in [9.17, 15) is 0 Å². The largest absolute Gasteiger partial charge is 0.494 e. The van der Waals surface area contributed by atoms with Crippen LogP contribution >= 0.6 is 0 Å². The minimum Gasteiger partial charge on any atom is -0.494 e. The van der Waals surface area contributed by atoms with Crippen LogP contribution in [0.1, 0.15) is 26.0 Å². The summed E-state index contributed by atoms with van der Waals surface area (Å²) in [6.07, 6.45) is 7.12. The van der Waals surface area contributed by atoms with E-state index in [4.69, 9.17) is 4.74 Å². The predicted molar refractivity (Wildman–Crippen MR) is 84.7 cm³/mol. The lowest BCUT2D eigenvalue weighted by atomic mass is 10.2. The third-order valence-corrected chi connectivity index (χ3v) is 3.65. The van der Waals surface area contributed by atoms with Gasteiger partial charge in [-0.2, -0.15) is 0 Å². The van der Waals surface area contributed by atoms with E-state index in [0.717, 1.165) is 25.3 Å². The minimum absolute atomic E-state index is 0.697. The molecule has 0 saturated carbocycles. The lowest BCUT2D eigenvalue weighted by molar-refractivity contribution is 0.340. The highest BCUT2D eigenvalue weighted by Crippen LogP contribution is 2.23. The first kappa shape index (κ1) is 13.7. The highest BCUT2D eigenvalue weighted by molar-refractivity contribution is 5.81. The molecule has 0 amide bonds. The van der Waals surface area contributed by atoms with Crippen molar-refractivity contribution in [1.82, 2.24) is 14.1 Å². The van der Waals surface area contributed by atoms with Gasteiger partial charge >= 0.3 is 0 Å². The molecule has 0 bridgehead atoms. The number of benzene rings is 1. The fourth-order valence-corrected chi connectivity index (χ4v) is 2.67. The van der Waals surface area contributed by atoms with E-state index in [0.29, 0.717) is 6.61 Å². The number of fused-ring (bicyclic) bond motifs is 1. The van der Waals surface area contributed by atoms with Crippen molar-refractivity contribution in [2.24, 2.45) is 0 Å². The lowest BCUT2D eigenvalue weighted by Crippen LogP contribution is -2.06. The summed E-state index contributed by atoms with van der Waals surface area (Å²) < 4.78 is 10.0. The highest BCUT2D eigenvalue weighted by Gasteiger charge is 2.06. The van der Waals surface area contributed by atoms with E-state index < -0.39 is 0 Å². The van der Waals surface area contributed by atoms with Crippen LogP contribution in [-0.2, 0) is 13.1 Å². The number of ether oxygens (including phenoxy) is 1. The second kappa shape index (κ2) is 6.04. The van der Waals surface area contributed by atoms with Crippen LogP contribution in [0, 0.1) is 0 Å². The van der Waals surface area contributed by atoms with Crippen molar-refractivity contribution in [3.63, 3.8) is 0 Å². The Hall–Kier alpha value is -2.23. The van der Waals surface area contributed by atoms with Gasteiger partial charge in [0.1, 0.15) is 5.75 Å². The fourth-order valence-electron chi connectivity index (χ4n) is 2.67. The molecule has 0 saturated heterocycles. The van der Waals surface area contributed by atoms with Crippen molar-refractivity contribution in [3.8, 4) is 5.75 Å². The summed E-state index contributed by atoms with van der Waals surface area (Å²) in [4.78, 5) is 4.27. The standard InChI is InChI=1S/C17H21N3O/c1-3-8-20-13-18-11-15(20)12-19-9-7-14-10-16(21-4-2)5-6-17(14)19/h5-7,9-11,13H,3-4,8,12H2,1-2H3. The van der Waals surface area contributed by atoms with Gasteiger partial charge < -0.3 is 13.9 Å². The molecule has 0 unspecified atom stereocenters. The van der Waals surface area contributed by atoms with Crippen LogP contribution in [0.5, 0.6) is 5.75 Å². The van der Waals surface area contributed by atoms with Crippen molar-refractivity contribution in [1.29, 1.82) is 0 Å². The first-order chi connectivity index (χ1) is 10.3. The van der Waals surface area contributed by atoms with Gasteiger partial charge in [-0.25, -0.2) is 4.98 Å². The molecule has 1 aromatic carbocycles. The molecule has 0 spiro atoms. The SMILES string of the molecule is CCCn1cncc1Cn1ccc2cc(OCC)ccc21. The first-order valence-electron chi connectivity index (χ1n) is 7.52. The summed E-state index contributed by atoms with van der Waals surface area (Å²) in [6, 6.07) is 8.39. The van der Waals surface area contributed by atoms with Gasteiger partial charge in [0.15, 0.2) is 0 Å².